The van der Waals surface area contributed by atoms with Crippen LogP contribution in [0.5, 0.6) is 0 Å². The molecule has 1 aromatic heterocycles. The molecule has 5 rings (SSSR count). The summed E-state index contributed by atoms with van der Waals surface area (Å²) in [5, 5.41) is 10.0. The fourth-order valence-corrected chi connectivity index (χ4v) is 5.59. The summed E-state index contributed by atoms with van der Waals surface area (Å²) in [4.78, 5) is 17.8. The van der Waals surface area contributed by atoms with E-state index in [-0.39, 0.29) is 24.2 Å². The van der Waals surface area contributed by atoms with Crippen LogP contribution in [0.15, 0.2) is 65.3 Å². The van der Waals surface area contributed by atoms with Crippen molar-refractivity contribution in [2.24, 2.45) is 11.0 Å². The highest BCUT2D eigenvalue weighted by Crippen LogP contribution is 2.45. The van der Waals surface area contributed by atoms with Crippen LogP contribution < -0.4 is 9.80 Å². The van der Waals surface area contributed by atoms with E-state index >= 15 is 0 Å². The second-order valence-corrected chi connectivity index (χ2v) is 11.1. The van der Waals surface area contributed by atoms with Crippen LogP contribution in [-0.4, -0.2) is 54.6 Å². The summed E-state index contributed by atoms with van der Waals surface area (Å²) in [5.74, 6) is -0.419. The Labute approximate surface area is 238 Å². The van der Waals surface area contributed by atoms with Crippen LogP contribution in [0.3, 0.4) is 0 Å². The van der Waals surface area contributed by atoms with Crippen molar-refractivity contribution in [2.45, 2.75) is 44.9 Å². The van der Waals surface area contributed by atoms with Gasteiger partial charge in [-0.1, -0.05) is 24.3 Å². The largest absolute Gasteiger partial charge is 0.435 e. The number of hydrazone groups is 1. The van der Waals surface area contributed by atoms with Gasteiger partial charge in [0, 0.05) is 51.2 Å². The van der Waals surface area contributed by atoms with Gasteiger partial charge in [0.1, 0.15) is 6.54 Å². The monoisotopic (exact) mass is 564 g/mol. The predicted octanol–water partition coefficient (Wildman–Crippen LogP) is 6.17. The van der Waals surface area contributed by atoms with E-state index in [0.29, 0.717) is 0 Å². The Morgan fingerprint density at radius 2 is 1.61 bits per heavy atom. The number of carbonyl (C=O) groups excluding carboxylic acids is 1. The fraction of sp³-hybridized carbons (Fsp3) is 0.387. The van der Waals surface area contributed by atoms with Crippen molar-refractivity contribution in [1.29, 1.82) is 0 Å². The maximum atomic E-state index is 13.7. The average Bonchev–Trinajstić information content (AvgIpc) is 3.50. The minimum atomic E-state index is -4.58. The number of nitrogens with zero attached hydrogens (tertiary/aromatic N) is 6. The van der Waals surface area contributed by atoms with E-state index < -0.39 is 17.8 Å². The topological polar surface area (TPSA) is 57.0 Å². The van der Waals surface area contributed by atoms with Gasteiger partial charge < -0.3 is 9.80 Å². The number of alkyl halides is 3. The summed E-state index contributed by atoms with van der Waals surface area (Å²) in [7, 11) is 7.93. The van der Waals surface area contributed by atoms with E-state index in [0.717, 1.165) is 63.8 Å². The number of amides is 1. The first-order valence-corrected chi connectivity index (χ1v) is 13.7. The number of rotatable bonds is 6. The smallest absolute Gasteiger partial charge is 0.378 e. The van der Waals surface area contributed by atoms with Crippen LogP contribution in [0.4, 0.5) is 24.5 Å². The van der Waals surface area contributed by atoms with E-state index in [1.165, 1.54) is 11.9 Å². The molecule has 1 aliphatic carbocycles. The SMILES string of the molecule is Cc1cc(C(F)(F)F)nn1CC(=O)N1N=C2/C(=C/c3ccc(N(C)C)cc3)CCC[C@H]2[C@@H]1c1ccc(N(C)C)cc1. The normalized spacial score (nSPS) is 19.8. The molecule has 0 unspecified atom stereocenters. The minimum absolute atomic E-state index is 0.0188. The Morgan fingerprint density at radius 1 is 1.00 bits per heavy atom. The highest BCUT2D eigenvalue weighted by atomic mass is 19.4. The van der Waals surface area contributed by atoms with Gasteiger partial charge in [0.2, 0.25) is 0 Å². The molecule has 0 N–H and O–H groups in total. The van der Waals surface area contributed by atoms with Crippen molar-refractivity contribution in [3.63, 3.8) is 0 Å². The molecule has 1 fully saturated rings. The lowest BCUT2D eigenvalue weighted by atomic mass is 9.77. The quantitative estimate of drug-likeness (QED) is 0.360. The Hall–Kier alpha value is -4.08. The molecule has 2 aromatic carbocycles. The first kappa shape index (κ1) is 28.4. The third-order valence-electron chi connectivity index (χ3n) is 7.82. The zero-order chi connectivity index (χ0) is 29.5. The molecule has 10 heteroatoms. The number of aryl methyl sites for hydroxylation is 1. The molecular weight excluding hydrogens is 529 g/mol. The molecule has 0 bridgehead atoms. The van der Waals surface area contributed by atoms with Gasteiger partial charge in [-0.15, -0.1) is 0 Å². The lowest BCUT2D eigenvalue weighted by Crippen LogP contribution is -2.34. The predicted molar refractivity (Wildman–Crippen MR) is 156 cm³/mol. The van der Waals surface area contributed by atoms with Gasteiger partial charge in [0.15, 0.2) is 5.69 Å². The fourth-order valence-electron chi connectivity index (χ4n) is 5.59. The molecule has 1 amide bonds. The number of benzene rings is 2. The molecule has 41 heavy (non-hydrogen) atoms. The lowest BCUT2D eigenvalue weighted by Gasteiger charge is -2.30. The third kappa shape index (κ3) is 5.87. The van der Waals surface area contributed by atoms with Gasteiger partial charge in [-0.25, -0.2) is 5.01 Å². The Balaban J connectivity index is 1.51. The van der Waals surface area contributed by atoms with Crippen LogP contribution in [0.2, 0.25) is 0 Å². The second-order valence-electron chi connectivity index (χ2n) is 11.1. The van der Waals surface area contributed by atoms with E-state index in [1.54, 1.807) is 0 Å². The van der Waals surface area contributed by atoms with Crippen LogP contribution in [-0.2, 0) is 17.5 Å². The molecule has 0 radical (unpaired) electrons. The standard InChI is InChI=1S/C31H35F3N6O/c1-20-17-27(31(32,33)34)35-39(20)19-28(41)40-30(22-11-15-25(16-12-22)38(4)5)26-8-6-7-23(29(26)36-40)18-21-9-13-24(14-10-21)37(2)3/h9-18,26,30H,6-8,19H2,1-5H3/b23-18+/t26-,30+/m1/s1. The minimum Gasteiger partial charge on any atom is -0.378 e. The van der Waals surface area contributed by atoms with Crippen molar-refractivity contribution in [2.75, 3.05) is 38.0 Å². The number of halogens is 3. The molecule has 216 valence electrons. The molecular formula is C31H35F3N6O. The van der Waals surface area contributed by atoms with E-state index in [9.17, 15) is 18.0 Å². The van der Waals surface area contributed by atoms with Crippen molar-refractivity contribution in [3.05, 3.63) is 82.7 Å². The zero-order valence-electron chi connectivity index (χ0n) is 24.0. The average molecular weight is 565 g/mol. The van der Waals surface area contributed by atoms with Crippen molar-refractivity contribution in [3.8, 4) is 0 Å². The molecule has 0 spiro atoms. The molecule has 1 aliphatic heterocycles. The molecule has 2 atom stereocenters. The Bertz CT molecular complexity index is 1470. The second kappa shape index (κ2) is 11.1. The number of anilines is 2. The molecule has 3 aromatic rings. The molecule has 7 nitrogen and oxygen atoms in total. The number of hydrogen-bond donors (Lipinski definition) is 0. The molecule has 2 heterocycles. The summed E-state index contributed by atoms with van der Waals surface area (Å²) < 4.78 is 40.9. The number of fused-ring (bicyclic) bond motifs is 1. The zero-order valence-corrected chi connectivity index (χ0v) is 24.0. The van der Waals surface area contributed by atoms with E-state index in [2.05, 4.69) is 35.4 Å². The van der Waals surface area contributed by atoms with Gasteiger partial charge in [0.25, 0.3) is 5.91 Å². The number of allylic oxidation sites excluding steroid dienone is 1. The van der Waals surface area contributed by atoms with Crippen LogP contribution in [0, 0.1) is 12.8 Å². The third-order valence-corrected chi connectivity index (χ3v) is 7.82. The van der Waals surface area contributed by atoms with Crippen LogP contribution >= 0.6 is 0 Å². The van der Waals surface area contributed by atoms with Crippen LogP contribution in [0.25, 0.3) is 6.08 Å². The number of carbonyl (C=O) groups is 1. The Morgan fingerprint density at radius 3 is 2.17 bits per heavy atom. The lowest BCUT2D eigenvalue weighted by molar-refractivity contribution is -0.142. The van der Waals surface area contributed by atoms with Gasteiger partial charge in [-0.3, -0.25) is 9.48 Å². The van der Waals surface area contributed by atoms with E-state index in [4.69, 9.17) is 5.10 Å². The maximum absolute atomic E-state index is 13.7. The van der Waals surface area contributed by atoms with Gasteiger partial charge in [-0.2, -0.15) is 23.4 Å². The highest BCUT2D eigenvalue weighted by molar-refractivity contribution is 6.08. The molecule has 2 aliphatic rings. The van der Waals surface area contributed by atoms with Gasteiger partial charge in [0.05, 0.1) is 11.8 Å². The number of hydrogen-bond acceptors (Lipinski definition) is 5. The first-order chi connectivity index (χ1) is 19.4. The van der Waals surface area contributed by atoms with Crippen molar-refractivity contribution >= 4 is 29.1 Å². The highest BCUT2D eigenvalue weighted by Gasteiger charge is 2.44. The summed E-state index contributed by atoms with van der Waals surface area (Å²) in [6.07, 6.45) is 0.207. The van der Waals surface area contributed by atoms with Crippen LogP contribution in [0.1, 0.15) is 47.8 Å². The maximum Gasteiger partial charge on any atom is 0.435 e. The summed E-state index contributed by atoms with van der Waals surface area (Å²) in [6, 6.07) is 16.9. The summed E-state index contributed by atoms with van der Waals surface area (Å²) in [5.41, 5.74) is 5.34. The summed E-state index contributed by atoms with van der Waals surface area (Å²) in [6.45, 7) is 1.19. The van der Waals surface area contributed by atoms with Gasteiger partial charge in [-0.05, 0) is 79.3 Å². The summed E-state index contributed by atoms with van der Waals surface area (Å²) >= 11 is 0. The van der Waals surface area contributed by atoms with E-state index in [1.807, 2.05) is 62.3 Å². The Kier molecular flexibility index (Phi) is 7.68. The van der Waals surface area contributed by atoms with Crippen molar-refractivity contribution in [1.82, 2.24) is 14.8 Å². The number of aromatic nitrogens is 2. The molecule has 1 saturated carbocycles. The molecule has 0 saturated heterocycles. The van der Waals surface area contributed by atoms with Gasteiger partial charge >= 0.3 is 6.18 Å². The first-order valence-electron chi connectivity index (χ1n) is 13.7. The van der Waals surface area contributed by atoms with Crippen molar-refractivity contribution < 1.29 is 18.0 Å².